The number of benzene rings is 2. The molecular weight excluding hydrogens is 320 g/mol. The van der Waals surface area contributed by atoms with Crippen LogP contribution in [0.1, 0.15) is 28.9 Å². The fourth-order valence-electron chi connectivity index (χ4n) is 2.28. The molecule has 0 aromatic heterocycles. The van der Waals surface area contributed by atoms with Crippen LogP contribution in [0.3, 0.4) is 0 Å². The molecule has 24 heavy (non-hydrogen) atoms. The molecule has 4 nitrogen and oxygen atoms in total. The Morgan fingerprint density at radius 1 is 1.04 bits per heavy atom. The lowest BCUT2D eigenvalue weighted by molar-refractivity contribution is -0.119. The van der Waals surface area contributed by atoms with E-state index >= 15 is 0 Å². The molecule has 0 aliphatic carbocycles. The summed E-state index contributed by atoms with van der Waals surface area (Å²) in [5.74, 6) is 0.403. The van der Waals surface area contributed by atoms with Gasteiger partial charge < -0.3 is 5.32 Å². The Hall–Kier alpha value is -2.27. The molecule has 0 spiro atoms. The number of urea groups is 1. The maximum Gasteiger partial charge on any atom is 0.321 e. The van der Waals surface area contributed by atoms with Crippen LogP contribution in [-0.4, -0.2) is 18.5 Å². The van der Waals surface area contributed by atoms with E-state index in [4.69, 9.17) is 0 Å². The first-order valence-electron chi connectivity index (χ1n) is 7.91. The van der Waals surface area contributed by atoms with Gasteiger partial charge >= 0.3 is 6.03 Å². The van der Waals surface area contributed by atoms with E-state index < -0.39 is 11.3 Å². The van der Waals surface area contributed by atoms with E-state index in [1.54, 1.807) is 0 Å². The molecule has 0 saturated carbocycles. The number of hydrogen-bond acceptors (Lipinski definition) is 3. The molecule has 0 aliphatic heterocycles. The number of aryl methyl sites for hydroxylation is 1. The first kappa shape index (κ1) is 18.1. The summed E-state index contributed by atoms with van der Waals surface area (Å²) in [5, 5.41) is 4.57. The Labute approximate surface area is 147 Å². The predicted molar refractivity (Wildman–Crippen MR) is 98.9 cm³/mol. The first-order valence-corrected chi connectivity index (χ1v) is 8.96. The zero-order chi connectivity index (χ0) is 17.4. The molecule has 0 radical (unpaired) electrons. The van der Waals surface area contributed by atoms with Crippen LogP contribution >= 0.6 is 11.8 Å². The number of amides is 3. The monoisotopic (exact) mass is 342 g/mol. The summed E-state index contributed by atoms with van der Waals surface area (Å²) in [4.78, 5) is 24.2. The maximum absolute atomic E-state index is 12.5. The molecule has 0 saturated heterocycles. The molecule has 0 bridgehead atoms. The van der Waals surface area contributed by atoms with Crippen LogP contribution in [-0.2, 0) is 10.5 Å². The van der Waals surface area contributed by atoms with Crippen LogP contribution < -0.4 is 10.6 Å². The minimum absolute atomic E-state index is 0.300. The van der Waals surface area contributed by atoms with Crippen LogP contribution in [0.2, 0.25) is 0 Å². The van der Waals surface area contributed by atoms with Crippen molar-refractivity contribution in [2.75, 3.05) is 6.54 Å². The molecule has 2 aromatic carbocycles. The van der Waals surface area contributed by atoms with Gasteiger partial charge in [0.15, 0.2) is 0 Å². The number of carbonyl (C=O) groups excluding carboxylic acids is 2. The Bertz CT molecular complexity index is 689. The third kappa shape index (κ3) is 5.13. The molecule has 0 heterocycles. The lowest BCUT2D eigenvalue weighted by Crippen LogP contribution is -2.41. The van der Waals surface area contributed by atoms with E-state index in [9.17, 15) is 9.59 Å². The Balaban J connectivity index is 2.13. The van der Waals surface area contributed by atoms with Crippen molar-refractivity contribution >= 4 is 23.7 Å². The lowest BCUT2D eigenvalue weighted by atomic mass is 10.1. The minimum Gasteiger partial charge on any atom is -0.338 e. The summed E-state index contributed by atoms with van der Waals surface area (Å²) >= 11 is 1.52. The van der Waals surface area contributed by atoms with Gasteiger partial charge in [0.1, 0.15) is 5.25 Å². The summed E-state index contributed by atoms with van der Waals surface area (Å²) in [6.07, 6.45) is 0. The Morgan fingerprint density at radius 2 is 1.71 bits per heavy atom. The largest absolute Gasteiger partial charge is 0.338 e. The van der Waals surface area contributed by atoms with Crippen molar-refractivity contribution in [3.8, 4) is 0 Å². The first-order chi connectivity index (χ1) is 11.6. The number of carbonyl (C=O) groups is 2. The third-order valence-electron chi connectivity index (χ3n) is 3.58. The standard InChI is InChI=1S/C19H22N2O2S/c1-3-20-19(23)21-18(22)17(15-10-5-4-6-11-15)24-13-16-12-8-7-9-14(16)2/h4-12,17H,3,13H2,1-2H3,(H2,20,21,22,23)/t17-/m1/s1. The SMILES string of the molecule is CCNC(=O)NC(=O)[C@H](SCc1ccccc1C)c1ccccc1. The van der Waals surface area contributed by atoms with Gasteiger partial charge in [-0.25, -0.2) is 4.79 Å². The maximum atomic E-state index is 12.5. The van der Waals surface area contributed by atoms with Gasteiger partial charge in [-0.2, -0.15) is 0 Å². The van der Waals surface area contributed by atoms with E-state index in [0.717, 1.165) is 5.56 Å². The van der Waals surface area contributed by atoms with E-state index in [-0.39, 0.29) is 5.91 Å². The topological polar surface area (TPSA) is 58.2 Å². The molecule has 1 atom stereocenters. The highest BCUT2D eigenvalue weighted by atomic mass is 32.2. The second-order valence-electron chi connectivity index (χ2n) is 5.38. The van der Waals surface area contributed by atoms with Crippen molar-refractivity contribution in [2.45, 2.75) is 24.9 Å². The molecule has 3 amide bonds. The van der Waals surface area contributed by atoms with E-state index in [1.165, 1.54) is 22.9 Å². The van der Waals surface area contributed by atoms with E-state index in [0.29, 0.717) is 12.3 Å². The third-order valence-corrected chi connectivity index (χ3v) is 4.88. The number of rotatable bonds is 6. The van der Waals surface area contributed by atoms with Gasteiger partial charge in [-0.05, 0) is 30.5 Å². The quantitative estimate of drug-likeness (QED) is 0.839. The highest BCUT2D eigenvalue weighted by Crippen LogP contribution is 2.32. The van der Waals surface area contributed by atoms with Crippen molar-refractivity contribution in [1.82, 2.24) is 10.6 Å². The van der Waals surface area contributed by atoms with Gasteiger partial charge in [0.2, 0.25) is 5.91 Å². The summed E-state index contributed by atoms with van der Waals surface area (Å²) in [6.45, 7) is 4.35. The van der Waals surface area contributed by atoms with Crippen LogP contribution in [0, 0.1) is 6.92 Å². The number of nitrogens with one attached hydrogen (secondary N) is 2. The van der Waals surface area contributed by atoms with Crippen molar-refractivity contribution in [3.63, 3.8) is 0 Å². The van der Waals surface area contributed by atoms with Gasteiger partial charge in [0, 0.05) is 12.3 Å². The second kappa shape index (κ2) is 9.13. The van der Waals surface area contributed by atoms with Gasteiger partial charge in [-0.15, -0.1) is 11.8 Å². The van der Waals surface area contributed by atoms with Crippen LogP contribution in [0.25, 0.3) is 0 Å². The molecule has 0 aliphatic rings. The molecule has 5 heteroatoms. The molecular formula is C19H22N2O2S. The summed E-state index contributed by atoms with van der Waals surface area (Å²) in [6, 6.07) is 17.2. The smallest absolute Gasteiger partial charge is 0.321 e. The van der Waals surface area contributed by atoms with Crippen LogP contribution in [0.15, 0.2) is 54.6 Å². The summed E-state index contributed by atoms with van der Waals surface area (Å²) < 4.78 is 0. The van der Waals surface area contributed by atoms with Crippen LogP contribution in [0.5, 0.6) is 0 Å². The van der Waals surface area contributed by atoms with Crippen molar-refractivity contribution in [3.05, 3.63) is 71.3 Å². The van der Waals surface area contributed by atoms with Crippen molar-refractivity contribution in [2.24, 2.45) is 0 Å². The summed E-state index contributed by atoms with van der Waals surface area (Å²) in [7, 11) is 0. The zero-order valence-corrected chi connectivity index (χ0v) is 14.7. The van der Waals surface area contributed by atoms with Crippen molar-refractivity contribution < 1.29 is 9.59 Å². The lowest BCUT2D eigenvalue weighted by Gasteiger charge is -2.17. The average Bonchev–Trinajstić information content (AvgIpc) is 2.58. The number of imide groups is 1. The molecule has 2 N–H and O–H groups in total. The van der Waals surface area contributed by atoms with E-state index in [2.05, 4.69) is 29.7 Å². The molecule has 2 aromatic rings. The molecule has 126 valence electrons. The van der Waals surface area contributed by atoms with Gasteiger partial charge in [-0.1, -0.05) is 54.6 Å². The normalized spacial score (nSPS) is 11.6. The fraction of sp³-hybridized carbons (Fsp3) is 0.263. The highest BCUT2D eigenvalue weighted by molar-refractivity contribution is 7.99. The number of thioether (sulfide) groups is 1. The Kier molecular flexibility index (Phi) is 6.88. The van der Waals surface area contributed by atoms with Crippen molar-refractivity contribution in [1.29, 1.82) is 0 Å². The van der Waals surface area contributed by atoms with Crippen LogP contribution in [0.4, 0.5) is 4.79 Å². The van der Waals surface area contributed by atoms with Gasteiger partial charge in [0.05, 0.1) is 0 Å². The van der Waals surface area contributed by atoms with E-state index in [1.807, 2.05) is 49.4 Å². The molecule has 0 unspecified atom stereocenters. The Morgan fingerprint density at radius 3 is 2.38 bits per heavy atom. The van der Waals surface area contributed by atoms with Gasteiger partial charge in [0.25, 0.3) is 0 Å². The average molecular weight is 342 g/mol. The second-order valence-corrected chi connectivity index (χ2v) is 6.47. The zero-order valence-electron chi connectivity index (χ0n) is 13.9. The highest BCUT2D eigenvalue weighted by Gasteiger charge is 2.23. The molecule has 0 fully saturated rings. The molecule has 2 rings (SSSR count). The summed E-state index contributed by atoms with van der Waals surface area (Å²) in [5.41, 5.74) is 3.27. The minimum atomic E-state index is -0.458. The fourth-order valence-corrected chi connectivity index (χ4v) is 3.51. The predicted octanol–water partition coefficient (Wildman–Crippen LogP) is 3.82. The number of hydrogen-bond donors (Lipinski definition) is 2. The van der Waals surface area contributed by atoms with Gasteiger partial charge in [-0.3, -0.25) is 10.1 Å².